The third-order valence-corrected chi connectivity index (χ3v) is 2.25. The summed E-state index contributed by atoms with van der Waals surface area (Å²) in [5, 5.41) is 0. The van der Waals surface area contributed by atoms with Gasteiger partial charge >= 0.3 is 0 Å². The summed E-state index contributed by atoms with van der Waals surface area (Å²) < 4.78 is 0. The Bertz CT molecular complexity index is 428. The molecule has 4 N–H and O–H groups in total. The molecule has 17 heavy (non-hydrogen) atoms. The van der Waals surface area contributed by atoms with Gasteiger partial charge in [-0.1, -0.05) is 13.0 Å². The molecule has 0 amide bonds. The lowest BCUT2D eigenvalue weighted by Gasteiger charge is -1.97. The molecule has 0 atom stereocenters. The highest BCUT2D eigenvalue weighted by atomic mass is 14.7. The number of pyridine rings is 2. The van der Waals surface area contributed by atoms with Crippen LogP contribution in [0.5, 0.6) is 0 Å². The van der Waals surface area contributed by atoms with Gasteiger partial charge in [0.15, 0.2) is 0 Å². The fourth-order valence-electron chi connectivity index (χ4n) is 1.23. The highest BCUT2D eigenvalue weighted by Gasteiger charge is 1.91. The maximum absolute atomic E-state index is 5.49. The van der Waals surface area contributed by atoms with E-state index >= 15 is 0 Å². The van der Waals surface area contributed by atoms with Gasteiger partial charge < -0.3 is 11.5 Å². The zero-order chi connectivity index (χ0) is 12.5. The highest BCUT2D eigenvalue weighted by Crippen LogP contribution is 2.05. The Morgan fingerprint density at radius 1 is 1.18 bits per heavy atom. The molecule has 0 bridgehead atoms. The van der Waals surface area contributed by atoms with Gasteiger partial charge in [0.1, 0.15) is 0 Å². The Morgan fingerprint density at radius 3 is 2.41 bits per heavy atom. The fraction of sp³-hybridized carbons (Fsp3) is 0.231. The summed E-state index contributed by atoms with van der Waals surface area (Å²) in [6.07, 6.45) is 6.13. The molecule has 0 saturated heterocycles. The summed E-state index contributed by atoms with van der Waals surface area (Å²) >= 11 is 0. The maximum Gasteiger partial charge on any atom is 0.0546 e. The summed E-state index contributed by atoms with van der Waals surface area (Å²) in [5.74, 6) is 0. The molecule has 0 spiro atoms. The molecule has 2 aromatic heterocycles. The molecule has 2 rings (SSSR count). The largest absolute Gasteiger partial charge is 0.397 e. The summed E-state index contributed by atoms with van der Waals surface area (Å²) in [5.41, 5.74) is 13.6. The molecule has 90 valence electrons. The van der Waals surface area contributed by atoms with Crippen LogP contribution in [0.4, 0.5) is 5.69 Å². The van der Waals surface area contributed by atoms with Gasteiger partial charge in [0.05, 0.1) is 11.9 Å². The van der Waals surface area contributed by atoms with Crippen LogP contribution in [0, 0.1) is 0 Å². The third kappa shape index (κ3) is 4.61. The van der Waals surface area contributed by atoms with E-state index in [0.717, 1.165) is 17.7 Å². The minimum Gasteiger partial charge on any atom is -0.397 e. The minimum absolute atomic E-state index is 0.481. The zero-order valence-electron chi connectivity index (χ0n) is 10.0. The number of nitrogens with two attached hydrogens (primary N) is 2. The average molecular weight is 230 g/mol. The van der Waals surface area contributed by atoms with E-state index in [0.29, 0.717) is 12.2 Å². The van der Waals surface area contributed by atoms with Crippen LogP contribution in [-0.2, 0) is 13.0 Å². The highest BCUT2D eigenvalue weighted by molar-refractivity contribution is 5.43. The Kier molecular flexibility index (Phi) is 5.68. The van der Waals surface area contributed by atoms with Crippen LogP contribution in [0.25, 0.3) is 0 Å². The fourth-order valence-corrected chi connectivity index (χ4v) is 1.23. The van der Waals surface area contributed by atoms with Crippen molar-refractivity contribution in [1.82, 2.24) is 9.97 Å². The van der Waals surface area contributed by atoms with Crippen LogP contribution in [-0.4, -0.2) is 9.97 Å². The standard InChI is InChI=1S/C7H9N.C6H9N3/c1-2-7-5-3-4-6-8-7;7-3-5-1-2-9-4-6(5)8/h3-6H,2H2,1H3;1-2,4H,3,7-8H2. The first-order valence-corrected chi connectivity index (χ1v) is 5.56. The molecule has 0 saturated carbocycles. The second-order valence-corrected chi connectivity index (χ2v) is 3.45. The van der Waals surface area contributed by atoms with Crippen molar-refractivity contribution >= 4 is 5.69 Å². The van der Waals surface area contributed by atoms with Crippen molar-refractivity contribution in [3.05, 3.63) is 54.1 Å². The number of nitrogen functional groups attached to an aromatic ring is 1. The average Bonchev–Trinajstić information content (AvgIpc) is 2.41. The quantitative estimate of drug-likeness (QED) is 0.824. The summed E-state index contributed by atoms with van der Waals surface area (Å²) in [4.78, 5) is 7.91. The molecule has 0 fully saturated rings. The van der Waals surface area contributed by atoms with Crippen molar-refractivity contribution < 1.29 is 0 Å². The molecule has 2 aromatic rings. The van der Waals surface area contributed by atoms with Crippen LogP contribution in [0.3, 0.4) is 0 Å². The number of rotatable bonds is 2. The summed E-state index contributed by atoms with van der Waals surface area (Å²) in [6, 6.07) is 7.78. The van der Waals surface area contributed by atoms with Crippen LogP contribution in [0.2, 0.25) is 0 Å². The van der Waals surface area contributed by atoms with Crippen LogP contribution >= 0.6 is 0 Å². The summed E-state index contributed by atoms with van der Waals surface area (Å²) in [7, 11) is 0. The first-order valence-electron chi connectivity index (χ1n) is 5.56. The molecular weight excluding hydrogens is 212 g/mol. The van der Waals surface area contributed by atoms with Crippen molar-refractivity contribution in [2.45, 2.75) is 19.9 Å². The lowest BCUT2D eigenvalue weighted by Crippen LogP contribution is -2.01. The second kappa shape index (κ2) is 7.35. The van der Waals surface area contributed by atoms with Gasteiger partial charge in [0.25, 0.3) is 0 Å². The SMILES string of the molecule is CCc1ccccn1.NCc1ccncc1N. The van der Waals surface area contributed by atoms with E-state index in [9.17, 15) is 0 Å². The molecule has 0 aromatic carbocycles. The molecule has 0 unspecified atom stereocenters. The smallest absolute Gasteiger partial charge is 0.0546 e. The van der Waals surface area contributed by atoms with E-state index < -0.39 is 0 Å². The van der Waals surface area contributed by atoms with Crippen molar-refractivity contribution in [1.29, 1.82) is 0 Å². The van der Waals surface area contributed by atoms with Gasteiger partial charge in [-0.3, -0.25) is 9.97 Å². The van der Waals surface area contributed by atoms with Gasteiger partial charge in [-0.2, -0.15) is 0 Å². The molecule has 0 aliphatic rings. The Labute approximate surface area is 102 Å². The number of hydrogen-bond acceptors (Lipinski definition) is 4. The number of aromatic nitrogens is 2. The van der Waals surface area contributed by atoms with E-state index in [-0.39, 0.29) is 0 Å². The minimum atomic E-state index is 0.481. The predicted octanol–water partition coefficient (Wildman–Crippen LogP) is 1.77. The number of anilines is 1. The van der Waals surface area contributed by atoms with Gasteiger partial charge in [0, 0.05) is 24.6 Å². The topological polar surface area (TPSA) is 77.8 Å². The van der Waals surface area contributed by atoms with E-state index in [1.807, 2.05) is 30.5 Å². The molecular formula is C13H18N4. The van der Waals surface area contributed by atoms with Crippen LogP contribution < -0.4 is 11.5 Å². The van der Waals surface area contributed by atoms with Gasteiger partial charge in [-0.05, 0) is 30.2 Å². The number of nitrogens with zero attached hydrogens (tertiary/aromatic N) is 2. The van der Waals surface area contributed by atoms with E-state index in [1.54, 1.807) is 12.4 Å². The summed E-state index contributed by atoms with van der Waals surface area (Å²) in [6.45, 7) is 2.58. The van der Waals surface area contributed by atoms with Gasteiger partial charge in [0.2, 0.25) is 0 Å². The molecule has 0 radical (unpaired) electrons. The monoisotopic (exact) mass is 230 g/mol. The van der Waals surface area contributed by atoms with E-state index in [4.69, 9.17) is 11.5 Å². The first kappa shape index (κ1) is 13.1. The molecule has 2 heterocycles. The first-order chi connectivity index (χ1) is 8.27. The lowest BCUT2D eigenvalue weighted by molar-refractivity contribution is 1.04. The number of aryl methyl sites for hydroxylation is 1. The van der Waals surface area contributed by atoms with Gasteiger partial charge in [-0.25, -0.2) is 0 Å². The Morgan fingerprint density at radius 2 is 2.00 bits per heavy atom. The van der Waals surface area contributed by atoms with E-state index in [1.165, 1.54) is 0 Å². The Hall–Kier alpha value is -1.94. The number of hydrogen-bond donors (Lipinski definition) is 2. The maximum atomic E-state index is 5.49. The lowest BCUT2D eigenvalue weighted by atomic mass is 10.2. The van der Waals surface area contributed by atoms with Crippen molar-refractivity contribution in [3.8, 4) is 0 Å². The molecule has 4 nitrogen and oxygen atoms in total. The Balaban J connectivity index is 0.000000171. The predicted molar refractivity (Wildman–Crippen MR) is 70.2 cm³/mol. The molecule has 0 aliphatic carbocycles. The zero-order valence-corrected chi connectivity index (χ0v) is 10.0. The normalized spacial score (nSPS) is 9.29. The van der Waals surface area contributed by atoms with Crippen molar-refractivity contribution in [3.63, 3.8) is 0 Å². The van der Waals surface area contributed by atoms with Crippen LogP contribution in [0.1, 0.15) is 18.2 Å². The molecule has 0 aliphatic heterocycles. The van der Waals surface area contributed by atoms with Crippen LogP contribution in [0.15, 0.2) is 42.9 Å². The molecule has 4 heteroatoms. The van der Waals surface area contributed by atoms with Crippen molar-refractivity contribution in [2.75, 3.05) is 5.73 Å². The van der Waals surface area contributed by atoms with E-state index in [2.05, 4.69) is 16.9 Å². The third-order valence-electron chi connectivity index (χ3n) is 2.25. The van der Waals surface area contributed by atoms with Crippen molar-refractivity contribution in [2.24, 2.45) is 5.73 Å². The van der Waals surface area contributed by atoms with Gasteiger partial charge in [-0.15, -0.1) is 0 Å². The second-order valence-electron chi connectivity index (χ2n) is 3.45.